The van der Waals surface area contributed by atoms with Crippen molar-refractivity contribution in [2.45, 2.75) is 122 Å². The van der Waals surface area contributed by atoms with E-state index in [1.807, 2.05) is 6.92 Å². The maximum absolute atomic E-state index is 14.2. The van der Waals surface area contributed by atoms with Gasteiger partial charge in [-0.05, 0) is 62.6 Å². The fourth-order valence-corrected chi connectivity index (χ4v) is 7.25. The Labute approximate surface area is 346 Å². The summed E-state index contributed by atoms with van der Waals surface area (Å²) in [7, 11) is -1.39. The second-order valence-corrected chi connectivity index (χ2v) is 17.1. The van der Waals surface area contributed by atoms with Crippen LogP contribution in [-0.2, 0) is 55.6 Å². The van der Waals surface area contributed by atoms with Crippen LogP contribution in [0, 0.1) is 11.8 Å². The third-order valence-electron chi connectivity index (χ3n) is 10.5. The second kappa shape index (κ2) is 22.3. The van der Waals surface area contributed by atoms with Crippen molar-refractivity contribution in [1.82, 2.24) is 42.1 Å². The van der Waals surface area contributed by atoms with Crippen LogP contribution in [-0.4, -0.2) is 140 Å². The molecule has 2 fully saturated rings. The van der Waals surface area contributed by atoms with Gasteiger partial charge < -0.3 is 52.3 Å². The Morgan fingerprint density at radius 1 is 0.763 bits per heavy atom. The molecule has 19 nitrogen and oxygen atoms in total. The molecule has 0 aromatic heterocycles. The Balaban J connectivity index is 2.06. The molecule has 1 aromatic carbocycles. The maximum Gasteiger partial charge on any atom is 0.246 e. The lowest BCUT2D eigenvalue weighted by molar-refractivity contribution is -0.143. The highest BCUT2D eigenvalue weighted by Crippen LogP contribution is 2.22. The highest BCUT2D eigenvalue weighted by molar-refractivity contribution is 7.84. The summed E-state index contributed by atoms with van der Waals surface area (Å²) in [6.07, 6.45) is 0.855. The number of phenols is 1. The molecule has 10 atom stereocenters. The van der Waals surface area contributed by atoms with Gasteiger partial charge >= 0.3 is 0 Å². The summed E-state index contributed by atoms with van der Waals surface area (Å²) in [6, 6.07) is -3.04. The Bertz CT molecular complexity index is 1730. The predicted octanol–water partition coefficient (Wildman–Crippen LogP) is -2.16. The van der Waals surface area contributed by atoms with E-state index in [9.17, 15) is 52.8 Å². The van der Waals surface area contributed by atoms with Gasteiger partial charge in [0.25, 0.3) is 0 Å². The highest BCUT2D eigenvalue weighted by atomic mass is 32.2. The fourth-order valence-electron chi connectivity index (χ4n) is 6.68. The lowest BCUT2D eigenvalue weighted by Gasteiger charge is -2.33. The number of hydrogen-bond donors (Lipinski definition) is 9. The van der Waals surface area contributed by atoms with Crippen molar-refractivity contribution >= 4 is 58.1 Å². The number of aromatic hydroxyl groups is 1. The second-order valence-electron chi connectivity index (χ2n) is 15.6. The van der Waals surface area contributed by atoms with Gasteiger partial charge in [-0.3, -0.25) is 42.6 Å². The molecule has 20 heteroatoms. The molecule has 2 aliphatic heterocycles. The zero-order chi connectivity index (χ0) is 44.1. The Kier molecular flexibility index (Phi) is 18.3. The Morgan fingerprint density at radius 2 is 1.37 bits per heavy atom. The van der Waals surface area contributed by atoms with Crippen molar-refractivity contribution in [2.75, 3.05) is 25.1 Å². The Hall–Kier alpha value is -5.11. The third-order valence-corrected chi connectivity index (χ3v) is 11.3. The molecule has 0 aliphatic carbocycles. The molecular formula is C39H60N8O11S. The molecule has 1 aromatic rings. The first-order valence-corrected chi connectivity index (χ1v) is 21.6. The van der Waals surface area contributed by atoms with E-state index in [0.717, 1.165) is 0 Å². The summed E-state index contributed by atoms with van der Waals surface area (Å²) < 4.78 is 12.2. The molecule has 0 spiro atoms. The fraction of sp³-hybridized carbons (Fsp3) is 0.641. The molecule has 59 heavy (non-hydrogen) atoms. The molecule has 9 N–H and O–H groups in total. The first kappa shape index (κ1) is 48.3. The molecule has 0 bridgehead atoms. The van der Waals surface area contributed by atoms with Gasteiger partial charge in [0.2, 0.25) is 47.3 Å². The van der Waals surface area contributed by atoms with Gasteiger partial charge in [-0.1, -0.05) is 46.2 Å². The summed E-state index contributed by atoms with van der Waals surface area (Å²) in [5, 5.41) is 38.2. The van der Waals surface area contributed by atoms with Crippen molar-refractivity contribution in [1.29, 1.82) is 0 Å². The first-order valence-electron chi connectivity index (χ1n) is 19.9. The average molecular weight is 849 g/mol. The van der Waals surface area contributed by atoms with Gasteiger partial charge in [0, 0.05) is 35.8 Å². The first-order chi connectivity index (χ1) is 27.7. The third kappa shape index (κ3) is 14.0. The summed E-state index contributed by atoms with van der Waals surface area (Å²) in [5.41, 5.74) is 0.503. The number of aliphatic hydroxyl groups is 1. The topological polar surface area (TPSA) is 282 Å². The molecular weight excluding hydrogens is 789 g/mol. The molecule has 3 rings (SSSR count). The monoisotopic (exact) mass is 848 g/mol. The number of fused-ring (bicyclic) bond motifs is 1. The van der Waals surface area contributed by atoms with Gasteiger partial charge in [-0.15, -0.1) is 0 Å². The number of aliphatic hydroxyl groups excluding tert-OH is 1. The molecule has 8 amide bonds. The van der Waals surface area contributed by atoms with E-state index in [0.29, 0.717) is 18.4 Å². The van der Waals surface area contributed by atoms with Crippen molar-refractivity contribution in [3.8, 4) is 5.75 Å². The zero-order valence-electron chi connectivity index (χ0n) is 34.7. The molecule has 2 aliphatic rings. The van der Waals surface area contributed by atoms with Crippen molar-refractivity contribution in [3.05, 3.63) is 29.8 Å². The predicted molar refractivity (Wildman–Crippen MR) is 216 cm³/mol. The normalized spacial score (nSPS) is 27.7. The van der Waals surface area contributed by atoms with Gasteiger partial charge in [0.1, 0.15) is 48.0 Å². The standard InChI is InChI=1S/C39H60N8O11S/c1-8-21(4)31-39(57)47-16-9-10-28(47)36(54)42-26(15-17-59(7)58)35(53)43-27(18-24-11-13-25(49)14-12-24)34(52)40-19-29(50)44-32(23(6)48)38(56)45-30(20(2)3)37(55)41-22(5)33(51)46-31/h11-14,20-23,26-28,30-32,48-49H,8-10,15-19H2,1-7H3,(H,40,52)(H,41,55)(H,42,54)(H,43,53)(H,44,50)(H,45,56)(H,46,51)/t21-,22-,23-,26-,27-,28-,30-,31-,32-,59+/m0/s1. The zero-order valence-corrected chi connectivity index (χ0v) is 35.5. The van der Waals surface area contributed by atoms with Crippen LogP contribution in [0.4, 0.5) is 0 Å². The number of benzene rings is 1. The van der Waals surface area contributed by atoms with Crippen molar-refractivity contribution in [3.63, 3.8) is 0 Å². The van der Waals surface area contributed by atoms with E-state index >= 15 is 0 Å². The van der Waals surface area contributed by atoms with E-state index in [1.165, 1.54) is 49.3 Å². The molecule has 0 unspecified atom stereocenters. The van der Waals surface area contributed by atoms with E-state index in [2.05, 4.69) is 37.2 Å². The SMILES string of the molecule is CC[C@H](C)[C@@H]1NC(=O)[C@H](C)NC(=O)[C@H](C(C)C)NC(=O)[C@H]([C@H](C)O)NC(=O)CNC(=O)[C@H](Cc2ccc(O)cc2)NC(=O)[C@H](CC[S@@](C)=O)NC(=O)[C@@H]2CCCN2C1=O. The summed E-state index contributed by atoms with van der Waals surface area (Å²) in [6.45, 7) is 8.95. The molecule has 2 saturated heterocycles. The number of nitrogens with one attached hydrogen (secondary N) is 7. The minimum Gasteiger partial charge on any atom is -0.508 e. The minimum absolute atomic E-state index is 0.00649. The van der Waals surface area contributed by atoms with Gasteiger partial charge in [-0.25, -0.2) is 0 Å². The average Bonchev–Trinajstić information content (AvgIpc) is 3.68. The molecule has 0 radical (unpaired) electrons. The van der Waals surface area contributed by atoms with Crippen LogP contribution in [0.5, 0.6) is 5.75 Å². The van der Waals surface area contributed by atoms with E-state index < -0.39 is 125 Å². The Morgan fingerprint density at radius 3 is 1.97 bits per heavy atom. The number of rotatable bonds is 9. The lowest BCUT2D eigenvalue weighted by Crippen LogP contribution is -2.62. The number of phenolic OH excluding ortho intramolecular Hbond substituents is 1. The van der Waals surface area contributed by atoms with Crippen LogP contribution in [0.1, 0.15) is 72.8 Å². The lowest BCUT2D eigenvalue weighted by atomic mass is 9.96. The summed E-state index contributed by atoms with van der Waals surface area (Å²) in [5.74, 6) is -7.16. The van der Waals surface area contributed by atoms with E-state index in [-0.39, 0.29) is 37.3 Å². The minimum atomic E-state index is -1.59. The van der Waals surface area contributed by atoms with Crippen LogP contribution in [0.3, 0.4) is 0 Å². The molecule has 328 valence electrons. The van der Waals surface area contributed by atoms with E-state index in [4.69, 9.17) is 0 Å². The molecule has 2 heterocycles. The number of hydrogen-bond acceptors (Lipinski definition) is 11. The van der Waals surface area contributed by atoms with Gasteiger partial charge in [0.15, 0.2) is 0 Å². The number of carbonyl (C=O) groups excluding carboxylic acids is 8. The largest absolute Gasteiger partial charge is 0.508 e. The van der Waals surface area contributed by atoms with Crippen LogP contribution < -0.4 is 37.2 Å². The summed E-state index contributed by atoms with van der Waals surface area (Å²) >= 11 is 0. The number of amides is 8. The maximum atomic E-state index is 14.2. The smallest absolute Gasteiger partial charge is 0.246 e. The summed E-state index contributed by atoms with van der Waals surface area (Å²) in [4.78, 5) is 111. The number of nitrogens with zero attached hydrogens (tertiary/aromatic N) is 1. The van der Waals surface area contributed by atoms with Crippen LogP contribution in [0.15, 0.2) is 24.3 Å². The van der Waals surface area contributed by atoms with Crippen molar-refractivity contribution < 1.29 is 52.8 Å². The van der Waals surface area contributed by atoms with Crippen LogP contribution in [0.2, 0.25) is 0 Å². The van der Waals surface area contributed by atoms with Gasteiger partial charge in [-0.2, -0.15) is 0 Å². The molecule has 0 saturated carbocycles. The highest BCUT2D eigenvalue weighted by Gasteiger charge is 2.41. The van der Waals surface area contributed by atoms with Crippen molar-refractivity contribution in [2.24, 2.45) is 11.8 Å². The van der Waals surface area contributed by atoms with Crippen LogP contribution >= 0.6 is 0 Å². The van der Waals surface area contributed by atoms with Gasteiger partial charge in [0.05, 0.1) is 12.6 Å². The number of carbonyl (C=O) groups is 8. The van der Waals surface area contributed by atoms with Crippen LogP contribution in [0.25, 0.3) is 0 Å². The quantitative estimate of drug-likeness (QED) is 0.129. The van der Waals surface area contributed by atoms with E-state index in [1.54, 1.807) is 20.8 Å².